The quantitative estimate of drug-likeness (QED) is 0.851. The highest BCUT2D eigenvalue weighted by molar-refractivity contribution is 5.22. The molecule has 2 heterocycles. The highest BCUT2D eigenvalue weighted by atomic mass is 15.2. The second kappa shape index (κ2) is 5.41. The molecular formula is C17H23N3. The molecule has 0 spiro atoms. The van der Waals surface area contributed by atoms with Crippen LogP contribution in [0.25, 0.3) is 0 Å². The Labute approximate surface area is 121 Å². The second-order valence-electron chi connectivity index (χ2n) is 6.26. The van der Waals surface area contributed by atoms with Gasteiger partial charge < -0.3 is 4.57 Å². The Hall–Kier alpha value is -1.61. The van der Waals surface area contributed by atoms with Crippen molar-refractivity contribution in [2.24, 2.45) is 5.92 Å². The van der Waals surface area contributed by atoms with Crippen molar-refractivity contribution >= 4 is 0 Å². The molecule has 3 nitrogen and oxygen atoms in total. The number of hydrogen-bond donors (Lipinski definition) is 0. The van der Waals surface area contributed by atoms with Gasteiger partial charge in [-0.15, -0.1) is 0 Å². The molecule has 1 aliphatic heterocycles. The summed E-state index contributed by atoms with van der Waals surface area (Å²) in [6.07, 6.45) is 4.00. The molecule has 0 aliphatic carbocycles. The fourth-order valence-corrected chi connectivity index (χ4v) is 3.12. The molecule has 0 saturated carbocycles. The first-order valence-corrected chi connectivity index (χ1v) is 7.42. The van der Waals surface area contributed by atoms with Gasteiger partial charge in [-0.05, 0) is 18.4 Å². The van der Waals surface area contributed by atoms with Crippen LogP contribution < -0.4 is 0 Å². The van der Waals surface area contributed by atoms with Crippen molar-refractivity contribution in [1.82, 2.24) is 14.5 Å². The number of nitrogens with zero attached hydrogens (tertiary/aromatic N) is 3. The van der Waals surface area contributed by atoms with Crippen molar-refractivity contribution in [1.29, 1.82) is 0 Å². The zero-order valence-corrected chi connectivity index (χ0v) is 12.6. The van der Waals surface area contributed by atoms with Crippen molar-refractivity contribution < 1.29 is 0 Å². The molecule has 0 fully saturated rings. The second-order valence-corrected chi connectivity index (χ2v) is 6.26. The average Bonchev–Trinajstić information content (AvgIpc) is 2.85. The minimum atomic E-state index is 0.533. The fraction of sp³-hybridized carbons (Fsp3) is 0.471. The Morgan fingerprint density at radius 2 is 2.20 bits per heavy atom. The molecule has 1 aliphatic rings. The Morgan fingerprint density at radius 3 is 2.95 bits per heavy atom. The number of fused-ring (bicyclic) bond motifs is 1. The van der Waals surface area contributed by atoms with E-state index in [1.807, 2.05) is 12.5 Å². The van der Waals surface area contributed by atoms with Gasteiger partial charge in [0.15, 0.2) is 0 Å². The summed E-state index contributed by atoms with van der Waals surface area (Å²) in [5.74, 6) is 0.628. The van der Waals surface area contributed by atoms with Gasteiger partial charge >= 0.3 is 0 Å². The molecule has 1 aromatic carbocycles. The first kappa shape index (κ1) is 13.4. The van der Waals surface area contributed by atoms with Crippen LogP contribution in [0.3, 0.4) is 0 Å². The van der Waals surface area contributed by atoms with Crippen LogP contribution in [0.4, 0.5) is 0 Å². The standard InChI is InChI=1S/C17H23N3/c1-13(2)17-11-19(10-16-8-18-12-20(16)17)9-15-6-4-5-14(3)7-15/h4-8,12-13,17H,9-11H2,1-3H3. The van der Waals surface area contributed by atoms with E-state index in [2.05, 4.69) is 59.5 Å². The van der Waals surface area contributed by atoms with Crippen LogP contribution in [0.1, 0.15) is 36.7 Å². The van der Waals surface area contributed by atoms with E-state index in [0.29, 0.717) is 12.0 Å². The lowest BCUT2D eigenvalue weighted by molar-refractivity contribution is 0.151. The predicted molar refractivity (Wildman–Crippen MR) is 81.4 cm³/mol. The van der Waals surface area contributed by atoms with Crippen molar-refractivity contribution in [3.8, 4) is 0 Å². The fourth-order valence-electron chi connectivity index (χ4n) is 3.12. The van der Waals surface area contributed by atoms with Crippen LogP contribution in [-0.2, 0) is 13.1 Å². The Morgan fingerprint density at radius 1 is 1.35 bits per heavy atom. The predicted octanol–water partition coefficient (Wildman–Crippen LogP) is 3.40. The van der Waals surface area contributed by atoms with Gasteiger partial charge in [0.05, 0.1) is 12.0 Å². The summed E-state index contributed by atoms with van der Waals surface area (Å²) in [6.45, 7) is 9.88. The molecule has 1 unspecified atom stereocenters. The first-order chi connectivity index (χ1) is 9.63. The van der Waals surface area contributed by atoms with Crippen LogP contribution in [0.15, 0.2) is 36.8 Å². The van der Waals surface area contributed by atoms with E-state index in [9.17, 15) is 0 Å². The molecule has 1 atom stereocenters. The van der Waals surface area contributed by atoms with Crippen molar-refractivity contribution in [3.05, 3.63) is 53.6 Å². The SMILES string of the molecule is Cc1cccc(CN2Cc3cncn3C(C(C)C)C2)c1. The van der Waals surface area contributed by atoms with E-state index < -0.39 is 0 Å². The van der Waals surface area contributed by atoms with Gasteiger partial charge in [0, 0.05) is 31.9 Å². The maximum absolute atomic E-state index is 4.33. The molecular weight excluding hydrogens is 246 g/mol. The summed E-state index contributed by atoms with van der Waals surface area (Å²) in [6, 6.07) is 9.36. The monoisotopic (exact) mass is 269 g/mol. The minimum Gasteiger partial charge on any atom is -0.329 e. The molecule has 0 saturated heterocycles. The molecule has 106 valence electrons. The zero-order chi connectivity index (χ0) is 14.1. The van der Waals surface area contributed by atoms with E-state index in [1.165, 1.54) is 16.8 Å². The normalized spacial score (nSPS) is 19.3. The number of benzene rings is 1. The largest absolute Gasteiger partial charge is 0.329 e. The van der Waals surface area contributed by atoms with Gasteiger partial charge in [0.25, 0.3) is 0 Å². The Balaban J connectivity index is 1.80. The first-order valence-electron chi connectivity index (χ1n) is 7.42. The van der Waals surface area contributed by atoms with E-state index in [-0.39, 0.29) is 0 Å². The van der Waals surface area contributed by atoms with Gasteiger partial charge in [0.2, 0.25) is 0 Å². The highest BCUT2D eigenvalue weighted by Gasteiger charge is 2.26. The molecule has 0 amide bonds. The molecule has 1 aromatic heterocycles. The lowest BCUT2D eigenvalue weighted by Gasteiger charge is -2.36. The van der Waals surface area contributed by atoms with Crippen molar-refractivity contribution in [2.75, 3.05) is 6.54 Å². The highest BCUT2D eigenvalue weighted by Crippen LogP contribution is 2.27. The number of aryl methyl sites for hydroxylation is 1. The lowest BCUT2D eigenvalue weighted by Crippen LogP contribution is -2.38. The molecule has 0 radical (unpaired) electrons. The van der Waals surface area contributed by atoms with E-state index in [0.717, 1.165) is 19.6 Å². The third-order valence-electron chi connectivity index (χ3n) is 4.19. The van der Waals surface area contributed by atoms with Gasteiger partial charge in [-0.2, -0.15) is 0 Å². The van der Waals surface area contributed by atoms with Gasteiger partial charge in [-0.3, -0.25) is 4.90 Å². The van der Waals surface area contributed by atoms with Gasteiger partial charge in [0.1, 0.15) is 0 Å². The van der Waals surface area contributed by atoms with Crippen LogP contribution >= 0.6 is 0 Å². The number of hydrogen-bond acceptors (Lipinski definition) is 2. The Kier molecular flexibility index (Phi) is 3.62. The van der Waals surface area contributed by atoms with Crippen molar-refractivity contribution in [2.45, 2.75) is 39.9 Å². The third kappa shape index (κ3) is 2.63. The van der Waals surface area contributed by atoms with Crippen LogP contribution in [0.5, 0.6) is 0 Å². The summed E-state index contributed by atoms with van der Waals surface area (Å²) in [7, 11) is 0. The summed E-state index contributed by atoms with van der Waals surface area (Å²) in [5, 5.41) is 0. The molecule has 2 aromatic rings. The summed E-state index contributed by atoms with van der Waals surface area (Å²) in [5.41, 5.74) is 4.08. The topological polar surface area (TPSA) is 21.1 Å². The lowest BCUT2D eigenvalue weighted by atomic mass is 10.0. The smallest absolute Gasteiger partial charge is 0.0951 e. The third-order valence-corrected chi connectivity index (χ3v) is 4.19. The molecule has 20 heavy (non-hydrogen) atoms. The summed E-state index contributed by atoms with van der Waals surface area (Å²) in [4.78, 5) is 6.87. The van der Waals surface area contributed by atoms with Crippen molar-refractivity contribution in [3.63, 3.8) is 0 Å². The molecule has 0 bridgehead atoms. The van der Waals surface area contributed by atoms with Crippen LogP contribution in [0.2, 0.25) is 0 Å². The van der Waals surface area contributed by atoms with E-state index >= 15 is 0 Å². The van der Waals surface area contributed by atoms with E-state index in [1.54, 1.807) is 0 Å². The van der Waals surface area contributed by atoms with E-state index in [4.69, 9.17) is 0 Å². The summed E-state index contributed by atoms with van der Waals surface area (Å²) < 4.78 is 2.36. The summed E-state index contributed by atoms with van der Waals surface area (Å²) >= 11 is 0. The molecule has 3 heteroatoms. The number of imidazole rings is 1. The average molecular weight is 269 g/mol. The molecule has 0 N–H and O–H groups in total. The number of aromatic nitrogens is 2. The van der Waals surface area contributed by atoms with Crippen LogP contribution in [0, 0.1) is 12.8 Å². The zero-order valence-electron chi connectivity index (χ0n) is 12.6. The molecule has 3 rings (SSSR count). The Bertz CT molecular complexity index is 585. The minimum absolute atomic E-state index is 0.533. The van der Waals surface area contributed by atoms with Gasteiger partial charge in [-0.25, -0.2) is 4.98 Å². The van der Waals surface area contributed by atoms with Crippen LogP contribution in [-0.4, -0.2) is 21.0 Å². The number of rotatable bonds is 3. The van der Waals surface area contributed by atoms with Gasteiger partial charge in [-0.1, -0.05) is 43.7 Å². The maximum Gasteiger partial charge on any atom is 0.0951 e. The maximum atomic E-state index is 4.33.